The number of carbonyl (C=O) groups is 2. The maximum atomic E-state index is 11.7. The molecule has 22 heavy (non-hydrogen) atoms. The molecule has 0 saturated carbocycles. The average molecular weight is 368 g/mol. The van der Waals surface area contributed by atoms with Gasteiger partial charge in [-0.25, -0.2) is 0 Å². The maximum Gasteiger partial charge on any atom is 0.311 e. The molecule has 122 valence electrons. The smallest absolute Gasteiger partial charge is 0.311 e. The number of hydrogen-bond donors (Lipinski definition) is 0. The molecule has 0 amide bonds. The predicted octanol–water partition coefficient (Wildman–Crippen LogP) is 4.92. The van der Waals surface area contributed by atoms with Crippen LogP contribution in [0.15, 0.2) is 12.1 Å². The zero-order valence-corrected chi connectivity index (χ0v) is 14.6. The van der Waals surface area contributed by atoms with Crippen LogP contribution < -0.4 is 4.74 Å². The minimum Gasteiger partial charge on any atom is -0.465 e. The Balaban J connectivity index is 2.40. The van der Waals surface area contributed by atoms with E-state index in [1.165, 1.54) is 12.1 Å². The Kier molecular flexibility index (Phi) is 8.01. The molecule has 0 unspecified atom stereocenters. The summed E-state index contributed by atoms with van der Waals surface area (Å²) in [5.41, 5.74) is 0. The molecule has 0 aliphatic heterocycles. The second-order valence-electron chi connectivity index (χ2n) is 5.10. The predicted molar refractivity (Wildman–Crippen MR) is 86.8 cm³/mol. The van der Waals surface area contributed by atoms with Crippen LogP contribution in [0.5, 0.6) is 5.75 Å². The van der Waals surface area contributed by atoms with Gasteiger partial charge in [-0.15, -0.1) is 0 Å². The van der Waals surface area contributed by atoms with E-state index in [1.54, 1.807) is 0 Å². The molecule has 0 N–H and O–H groups in total. The second kappa shape index (κ2) is 9.23. The zero-order chi connectivity index (χ0) is 16.7. The first-order chi connectivity index (χ1) is 10.3. The molecule has 0 aliphatic carbocycles. The molecule has 1 aromatic carbocycles. The van der Waals surface area contributed by atoms with E-state index in [9.17, 15) is 9.59 Å². The number of halogens is 3. The number of carbonyl (C=O) groups excluding carboxylic acids is 2. The van der Waals surface area contributed by atoms with Crippen LogP contribution >= 0.6 is 34.8 Å². The molecule has 0 atom stereocenters. The van der Waals surface area contributed by atoms with Crippen molar-refractivity contribution in [1.82, 2.24) is 0 Å². The lowest BCUT2D eigenvalue weighted by Crippen LogP contribution is -2.12. The molecule has 0 saturated heterocycles. The number of esters is 2. The molecule has 4 nitrogen and oxygen atoms in total. The Hall–Kier alpha value is -0.970. The topological polar surface area (TPSA) is 52.6 Å². The Morgan fingerprint density at radius 2 is 1.73 bits per heavy atom. The number of ether oxygens (including phenoxy) is 2. The first kappa shape index (κ1) is 19.1. The first-order valence-electron chi connectivity index (χ1n) is 6.80. The van der Waals surface area contributed by atoms with Crippen LogP contribution in [0.25, 0.3) is 0 Å². The summed E-state index contributed by atoms with van der Waals surface area (Å²) in [6, 6.07) is 2.86. The molecule has 1 aromatic rings. The standard InChI is InChI=1S/C15H17Cl3O4/c1-9(2)8-21-13(19)4-3-5-14(20)22-12-7-10(16)6-11(17)15(12)18/h6-7,9H,3-5,8H2,1-2H3. The highest BCUT2D eigenvalue weighted by Crippen LogP contribution is 2.35. The van der Waals surface area contributed by atoms with E-state index in [0.29, 0.717) is 18.1 Å². The van der Waals surface area contributed by atoms with Gasteiger partial charge in [-0.1, -0.05) is 48.7 Å². The zero-order valence-electron chi connectivity index (χ0n) is 12.3. The third-order valence-electron chi connectivity index (χ3n) is 2.52. The molecular weight excluding hydrogens is 351 g/mol. The molecule has 0 fully saturated rings. The number of rotatable bonds is 7. The average Bonchev–Trinajstić information content (AvgIpc) is 2.42. The van der Waals surface area contributed by atoms with Crippen molar-refractivity contribution in [1.29, 1.82) is 0 Å². The summed E-state index contributed by atoms with van der Waals surface area (Å²) in [6.45, 7) is 4.27. The summed E-state index contributed by atoms with van der Waals surface area (Å²) in [6.07, 6.45) is 0.560. The number of benzene rings is 1. The fourth-order valence-electron chi connectivity index (χ4n) is 1.49. The van der Waals surface area contributed by atoms with Crippen molar-refractivity contribution in [3.05, 3.63) is 27.2 Å². The minimum atomic E-state index is -0.517. The largest absolute Gasteiger partial charge is 0.465 e. The fraction of sp³-hybridized carbons (Fsp3) is 0.467. The van der Waals surface area contributed by atoms with E-state index >= 15 is 0 Å². The lowest BCUT2D eigenvalue weighted by molar-refractivity contribution is -0.145. The summed E-state index contributed by atoms with van der Waals surface area (Å²) in [4.78, 5) is 23.1. The Morgan fingerprint density at radius 3 is 2.36 bits per heavy atom. The summed E-state index contributed by atoms with van der Waals surface area (Å²) in [5.74, 6) is -0.461. The van der Waals surface area contributed by atoms with E-state index in [0.717, 1.165) is 0 Å². The third kappa shape index (κ3) is 6.86. The van der Waals surface area contributed by atoms with Gasteiger partial charge < -0.3 is 9.47 Å². The van der Waals surface area contributed by atoms with E-state index in [1.807, 2.05) is 13.8 Å². The Bertz CT molecular complexity index is 544. The van der Waals surface area contributed by atoms with Gasteiger partial charge in [0.1, 0.15) is 5.02 Å². The SMILES string of the molecule is CC(C)COC(=O)CCCC(=O)Oc1cc(Cl)cc(Cl)c1Cl. The van der Waals surface area contributed by atoms with Gasteiger partial charge in [0.2, 0.25) is 0 Å². The normalized spacial score (nSPS) is 10.6. The molecule has 0 spiro atoms. The molecule has 0 aliphatic rings. The van der Waals surface area contributed by atoms with Crippen LogP contribution in [0, 0.1) is 5.92 Å². The first-order valence-corrected chi connectivity index (χ1v) is 7.93. The highest BCUT2D eigenvalue weighted by molar-refractivity contribution is 6.44. The second-order valence-corrected chi connectivity index (χ2v) is 6.33. The van der Waals surface area contributed by atoms with Crippen LogP contribution in [-0.2, 0) is 14.3 Å². The van der Waals surface area contributed by atoms with Crippen LogP contribution in [0.4, 0.5) is 0 Å². The van der Waals surface area contributed by atoms with Crippen molar-refractivity contribution in [3.8, 4) is 5.75 Å². The van der Waals surface area contributed by atoms with E-state index in [-0.39, 0.29) is 40.5 Å². The quantitative estimate of drug-likeness (QED) is 0.390. The van der Waals surface area contributed by atoms with E-state index in [2.05, 4.69) is 0 Å². The van der Waals surface area contributed by atoms with Gasteiger partial charge in [-0.3, -0.25) is 9.59 Å². The van der Waals surface area contributed by atoms with Crippen molar-refractivity contribution in [2.45, 2.75) is 33.1 Å². The Labute approximate surface area is 144 Å². The molecule has 0 heterocycles. The van der Waals surface area contributed by atoms with E-state index in [4.69, 9.17) is 44.3 Å². The van der Waals surface area contributed by atoms with Gasteiger partial charge >= 0.3 is 11.9 Å². The molecular formula is C15H17Cl3O4. The van der Waals surface area contributed by atoms with E-state index < -0.39 is 5.97 Å². The summed E-state index contributed by atoms with van der Waals surface area (Å²) in [7, 11) is 0. The fourth-order valence-corrected chi connectivity index (χ4v) is 2.11. The monoisotopic (exact) mass is 366 g/mol. The van der Waals surface area contributed by atoms with Crippen LogP contribution in [-0.4, -0.2) is 18.5 Å². The van der Waals surface area contributed by atoms with Gasteiger partial charge in [-0.2, -0.15) is 0 Å². The molecule has 7 heteroatoms. The highest BCUT2D eigenvalue weighted by atomic mass is 35.5. The van der Waals surface area contributed by atoms with Crippen molar-refractivity contribution in [3.63, 3.8) is 0 Å². The van der Waals surface area contributed by atoms with Gasteiger partial charge in [0.25, 0.3) is 0 Å². The van der Waals surface area contributed by atoms with Crippen LogP contribution in [0.1, 0.15) is 33.1 Å². The third-order valence-corrected chi connectivity index (χ3v) is 3.53. The van der Waals surface area contributed by atoms with Crippen molar-refractivity contribution >= 4 is 46.7 Å². The van der Waals surface area contributed by atoms with Crippen molar-refractivity contribution < 1.29 is 19.1 Å². The molecule has 0 bridgehead atoms. The summed E-state index contributed by atoms with van der Waals surface area (Å²) < 4.78 is 10.1. The van der Waals surface area contributed by atoms with Crippen LogP contribution in [0.2, 0.25) is 15.1 Å². The highest BCUT2D eigenvalue weighted by Gasteiger charge is 2.13. The lowest BCUT2D eigenvalue weighted by Gasteiger charge is -2.08. The lowest BCUT2D eigenvalue weighted by atomic mass is 10.2. The van der Waals surface area contributed by atoms with Gasteiger partial charge in [0.05, 0.1) is 11.6 Å². The van der Waals surface area contributed by atoms with Crippen molar-refractivity contribution in [2.24, 2.45) is 5.92 Å². The van der Waals surface area contributed by atoms with Gasteiger partial charge in [0, 0.05) is 23.9 Å². The minimum absolute atomic E-state index is 0.0667. The molecule has 1 rings (SSSR count). The molecule has 0 aromatic heterocycles. The number of hydrogen-bond acceptors (Lipinski definition) is 4. The van der Waals surface area contributed by atoms with Gasteiger partial charge in [0.15, 0.2) is 5.75 Å². The summed E-state index contributed by atoms with van der Waals surface area (Å²) >= 11 is 17.6. The Morgan fingerprint density at radius 1 is 1.09 bits per heavy atom. The summed E-state index contributed by atoms with van der Waals surface area (Å²) in [5, 5.41) is 0.638. The maximum absolute atomic E-state index is 11.7. The van der Waals surface area contributed by atoms with Crippen LogP contribution in [0.3, 0.4) is 0 Å². The van der Waals surface area contributed by atoms with Gasteiger partial charge in [-0.05, 0) is 18.4 Å². The molecule has 0 radical (unpaired) electrons. The van der Waals surface area contributed by atoms with Crippen molar-refractivity contribution in [2.75, 3.05) is 6.61 Å².